The van der Waals surface area contributed by atoms with Crippen molar-refractivity contribution in [2.24, 2.45) is 0 Å². The predicted molar refractivity (Wildman–Crippen MR) is 122 cm³/mol. The highest BCUT2D eigenvalue weighted by atomic mass is 32.1. The third-order valence-electron chi connectivity index (χ3n) is 5.47. The lowest BCUT2D eigenvalue weighted by molar-refractivity contribution is 0.0182. The molecule has 0 fully saturated rings. The van der Waals surface area contributed by atoms with Crippen molar-refractivity contribution in [1.29, 1.82) is 0 Å². The summed E-state index contributed by atoms with van der Waals surface area (Å²) in [6.45, 7) is 2.19. The molecular formula is C24H24N2O4S. The summed E-state index contributed by atoms with van der Waals surface area (Å²) in [6.07, 6.45) is 2.49. The molecule has 31 heavy (non-hydrogen) atoms. The van der Waals surface area contributed by atoms with Gasteiger partial charge in [-0.25, -0.2) is 4.98 Å². The Labute approximate surface area is 184 Å². The summed E-state index contributed by atoms with van der Waals surface area (Å²) >= 11 is 1.56. The average molecular weight is 437 g/mol. The minimum absolute atomic E-state index is 0.131. The van der Waals surface area contributed by atoms with Crippen LogP contribution in [-0.4, -0.2) is 24.2 Å². The maximum Gasteiger partial charge on any atom is 0.255 e. The van der Waals surface area contributed by atoms with Crippen molar-refractivity contribution in [1.82, 2.24) is 9.97 Å². The van der Waals surface area contributed by atoms with E-state index in [2.05, 4.69) is 16.9 Å². The number of aromatic nitrogens is 2. The molecule has 2 aromatic heterocycles. The molecule has 1 atom stereocenters. The van der Waals surface area contributed by atoms with E-state index < -0.39 is 5.60 Å². The van der Waals surface area contributed by atoms with Crippen LogP contribution in [-0.2, 0) is 16.9 Å². The topological polar surface area (TPSA) is 73.4 Å². The first kappa shape index (κ1) is 21.1. The number of rotatable bonds is 8. The van der Waals surface area contributed by atoms with Crippen molar-refractivity contribution in [3.8, 4) is 11.5 Å². The molecule has 0 radical (unpaired) electrons. The number of pyridine rings is 1. The number of ether oxygens (including phenoxy) is 3. The zero-order chi connectivity index (χ0) is 21.8. The van der Waals surface area contributed by atoms with E-state index in [-0.39, 0.29) is 12.2 Å². The number of para-hydroxylation sites is 1. The summed E-state index contributed by atoms with van der Waals surface area (Å²) in [5.41, 5.74) is 1.46. The molecule has 0 aliphatic heterocycles. The molecule has 1 unspecified atom stereocenters. The van der Waals surface area contributed by atoms with Gasteiger partial charge in [-0.05, 0) is 41.6 Å². The fourth-order valence-electron chi connectivity index (χ4n) is 3.74. The van der Waals surface area contributed by atoms with Gasteiger partial charge in [-0.3, -0.25) is 4.79 Å². The quantitative estimate of drug-likeness (QED) is 0.426. The lowest BCUT2D eigenvalue weighted by Crippen LogP contribution is -2.29. The fraction of sp³-hybridized carbons (Fsp3) is 0.250. The molecule has 0 spiro atoms. The van der Waals surface area contributed by atoms with Crippen LogP contribution in [0.1, 0.15) is 29.5 Å². The molecule has 4 aromatic rings. The zero-order valence-electron chi connectivity index (χ0n) is 17.7. The van der Waals surface area contributed by atoms with E-state index in [0.717, 1.165) is 21.5 Å². The van der Waals surface area contributed by atoms with Crippen LogP contribution in [0.2, 0.25) is 0 Å². The highest BCUT2D eigenvalue weighted by molar-refractivity contribution is 7.09. The van der Waals surface area contributed by atoms with Crippen LogP contribution in [0.25, 0.3) is 10.9 Å². The monoisotopic (exact) mass is 436 g/mol. The summed E-state index contributed by atoms with van der Waals surface area (Å²) in [4.78, 5) is 19.8. The molecule has 0 saturated heterocycles. The SMILES string of the molecule is CCC(OC)(c1ccc(OCc2cc3ccccc3[nH]c2=O)c(OC)c1)c1nccs1. The summed E-state index contributed by atoms with van der Waals surface area (Å²) in [5.74, 6) is 1.13. The molecule has 7 heteroatoms. The van der Waals surface area contributed by atoms with Gasteiger partial charge in [0.25, 0.3) is 5.56 Å². The third kappa shape index (κ3) is 3.94. The number of H-pyrrole nitrogens is 1. The molecule has 4 rings (SSSR count). The van der Waals surface area contributed by atoms with Crippen molar-refractivity contribution in [3.05, 3.63) is 86.6 Å². The van der Waals surface area contributed by atoms with Gasteiger partial charge in [0.2, 0.25) is 0 Å². The number of aromatic amines is 1. The summed E-state index contributed by atoms with van der Waals surface area (Å²) in [7, 11) is 3.28. The largest absolute Gasteiger partial charge is 0.493 e. The van der Waals surface area contributed by atoms with E-state index in [1.165, 1.54) is 0 Å². The first-order valence-corrected chi connectivity index (χ1v) is 10.9. The zero-order valence-corrected chi connectivity index (χ0v) is 18.5. The third-order valence-corrected chi connectivity index (χ3v) is 6.38. The number of nitrogens with zero attached hydrogens (tertiary/aromatic N) is 1. The van der Waals surface area contributed by atoms with Crippen LogP contribution in [0.5, 0.6) is 11.5 Å². The van der Waals surface area contributed by atoms with Crippen molar-refractivity contribution in [2.45, 2.75) is 25.6 Å². The molecule has 160 valence electrons. The van der Waals surface area contributed by atoms with E-state index in [0.29, 0.717) is 23.5 Å². The van der Waals surface area contributed by atoms with Gasteiger partial charge >= 0.3 is 0 Å². The Bertz CT molecular complexity index is 1230. The Kier molecular flexibility index (Phi) is 6.06. The maximum absolute atomic E-state index is 12.4. The highest BCUT2D eigenvalue weighted by Crippen LogP contribution is 2.41. The lowest BCUT2D eigenvalue weighted by atomic mass is 9.91. The van der Waals surface area contributed by atoms with E-state index in [4.69, 9.17) is 14.2 Å². The second-order valence-corrected chi connectivity index (χ2v) is 7.98. The molecule has 0 amide bonds. The van der Waals surface area contributed by atoms with Crippen molar-refractivity contribution >= 4 is 22.2 Å². The van der Waals surface area contributed by atoms with E-state index in [9.17, 15) is 4.79 Å². The molecular weight excluding hydrogens is 412 g/mol. The van der Waals surface area contributed by atoms with E-state index in [1.54, 1.807) is 31.8 Å². The molecule has 6 nitrogen and oxygen atoms in total. The van der Waals surface area contributed by atoms with E-state index >= 15 is 0 Å². The van der Waals surface area contributed by atoms with Gasteiger partial charge in [0.15, 0.2) is 11.5 Å². The Morgan fingerprint density at radius 3 is 2.65 bits per heavy atom. The van der Waals surface area contributed by atoms with Crippen molar-refractivity contribution in [2.75, 3.05) is 14.2 Å². The Hall–Kier alpha value is -3.16. The number of fused-ring (bicyclic) bond motifs is 1. The normalized spacial score (nSPS) is 13.1. The number of benzene rings is 2. The summed E-state index contributed by atoms with van der Waals surface area (Å²) in [6, 6.07) is 15.2. The van der Waals surface area contributed by atoms with Crippen molar-refractivity contribution in [3.63, 3.8) is 0 Å². The van der Waals surface area contributed by atoms with Gasteiger partial charge < -0.3 is 19.2 Å². The molecule has 2 aromatic carbocycles. The summed E-state index contributed by atoms with van der Waals surface area (Å²) < 4.78 is 17.5. The second-order valence-electron chi connectivity index (χ2n) is 7.09. The van der Waals surface area contributed by atoms with Crippen LogP contribution < -0.4 is 15.0 Å². The molecule has 0 bridgehead atoms. The Morgan fingerprint density at radius 1 is 1.10 bits per heavy atom. The van der Waals surface area contributed by atoms with Gasteiger partial charge in [0.1, 0.15) is 17.2 Å². The maximum atomic E-state index is 12.4. The Morgan fingerprint density at radius 2 is 1.94 bits per heavy atom. The number of hydrogen-bond acceptors (Lipinski definition) is 6. The number of hydrogen-bond donors (Lipinski definition) is 1. The fourth-order valence-corrected chi connectivity index (χ4v) is 4.65. The van der Waals surface area contributed by atoms with Gasteiger partial charge in [-0.2, -0.15) is 0 Å². The van der Waals surface area contributed by atoms with Crippen LogP contribution in [0.15, 0.2) is 64.9 Å². The van der Waals surface area contributed by atoms with Crippen molar-refractivity contribution < 1.29 is 14.2 Å². The minimum Gasteiger partial charge on any atom is -0.493 e. The minimum atomic E-state index is -0.657. The van der Waals surface area contributed by atoms with E-state index in [1.807, 2.05) is 53.9 Å². The van der Waals surface area contributed by atoms with Crippen LogP contribution in [0, 0.1) is 0 Å². The number of methoxy groups -OCH3 is 2. The average Bonchev–Trinajstić information content (AvgIpc) is 3.34. The molecule has 1 N–H and O–H groups in total. The first-order valence-electron chi connectivity index (χ1n) is 9.98. The van der Waals surface area contributed by atoms with Crippen LogP contribution in [0.3, 0.4) is 0 Å². The molecule has 0 aliphatic rings. The summed E-state index contributed by atoms with van der Waals surface area (Å²) in [5, 5.41) is 3.78. The van der Waals surface area contributed by atoms with Gasteiger partial charge in [-0.1, -0.05) is 31.2 Å². The lowest BCUT2D eigenvalue weighted by Gasteiger charge is -2.30. The molecule has 2 heterocycles. The van der Waals surface area contributed by atoms with Crippen LogP contribution in [0.4, 0.5) is 0 Å². The number of nitrogens with one attached hydrogen (secondary N) is 1. The van der Waals surface area contributed by atoms with Gasteiger partial charge in [0, 0.05) is 24.2 Å². The predicted octanol–water partition coefficient (Wildman–Crippen LogP) is 4.87. The smallest absolute Gasteiger partial charge is 0.255 e. The van der Waals surface area contributed by atoms with Gasteiger partial charge in [0.05, 0.1) is 12.7 Å². The first-order chi connectivity index (χ1) is 15.1. The second kappa shape index (κ2) is 8.91. The molecule has 0 saturated carbocycles. The Balaban J connectivity index is 1.63. The van der Waals surface area contributed by atoms with Crippen LogP contribution >= 0.6 is 11.3 Å². The number of thiazole rings is 1. The highest BCUT2D eigenvalue weighted by Gasteiger charge is 2.35. The standard InChI is InChI=1S/C24H24N2O4S/c1-4-24(29-3,23-25-11-12-31-23)18-9-10-20(21(14-18)28-2)30-15-17-13-16-7-5-6-8-19(16)26-22(17)27/h5-14H,4,15H2,1-3H3,(H,26,27). The van der Waals surface area contributed by atoms with Gasteiger partial charge in [-0.15, -0.1) is 11.3 Å². The molecule has 0 aliphatic carbocycles.